The lowest BCUT2D eigenvalue weighted by atomic mass is 9.81. The van der Waals surface area contributed by atoms with E-state index in [1.54, 1.807) is 0 Å². The Hall–Kier alpha value is -5.34. The molecule has 0 bridgehead atoms. The average molecular weight is 593 g/mol. The molecule has 222 valence electrons. The van der Waals surface area contributed by atoms with Gasteiger partial charge in [-0.25, -0.2) is 0 Å². The number of aromatic amines is 1. The van der Waals surface area contributed by atoms with Crippen LogP contribution in [0.2, 0.25) is 0 Å². The number of fused-ring (bicyclic) bond motifs is 8. The number of rotatable bonds is 4. The predicted molar refractivity (Wildman–Crippen MR) is 194 cm³/mol. The molecule has 2 heteroatoms. The van der Waals surface area contributed by atoms with Gasteiger partial charge in [-0.3, -0.25) is 0 Å². The summed E-state index contributed by atoms with van der Waals surface area (Å²) in [5, 5.41) is 1.32. The standard InChI is InChI=1S/C44H36N2/c1-43(2)37-16-10-8-14-33(37)34-24-23-32(27-39(34)43)46(30-12-6-5-7-13-30)31-21-18-28(19-22-31)29-20-25-38-36(26-29)42-41(44(38,3)4)35-15-9-11-17-40(35)45-42/h5-27,45H,1-4H3. The van der Waals surface area contributed by atoms with Crippen LogP contribution in [-0.4, -0.2) is 4.98 Å². The summed E-state index contributed by atoms with van der Waals surface area (Å²) in [5.41, 5.74) is 17.8. The smallest absolute Gasteiger partial charge is 0.0509 e. The van der Waals surface area contributed by atoms with Gasteiger partial charge in [0.2, 0.25) is 0 Å². The van der Waals surface area contributed by atoms with Crippen LogP contribution >= 0.6 is 0 Å². The highest BCUT2D eigenvalue weighted by Crippen LogP contribution is 2.53. The zero-order valence-electron chi connectivity index (χ0n) is 26.7. The fourth-order valence-corrected chi connectivity index (χ4v) is 8.26. The minimum Gasteiger partial charge on any atom is -0.354 e. The fourth-order valence-electron chi connectivity index (χ4n) is 8.26. The molecular weight excluding hydrogens is 556 g/mol. The molecule has 0 fully saturated rings. The summed E-state index contributed by atoms with van der Waals surface area (Å²) in [6, 6.07) is 51.3. The van der Waals surface area contributed by atoms with Gasteiger partial charge in [0.25, 0.3) is 0 Å². The maximum atomic E-state index is 3.75. The number of aromatic nitrogens is 1. The van der Waals surface area contributed by atoms with Gasteiger partial charge in [0.15, 0.2) is 0 Å². The zero-order chi connectivity index (χ0) is 31.2. The van der Waals surface area contributed by atoms with E-state index in [4.69, 9.17) is 0 Å². The van der Waals surface area contributed by atoms with E-state index in [9.17, 15) is 0 Å². The van der Waals surface area contributed by atoms with Crippen LogP contribution < -0.4 is 4.90 Å². The molecule has 9 rings (SSSR count). The highest BCUT2D eigenvalue weighted by Gasteiger charge is 2.39. The molecule has 0 spiro atoms. The van der Waals surface area contributed by atoms with Gasteiger partial charge in [-0.15, -0.1) is 0 Å². The largest absolute Gasteiger partial charge is 0.354 e. The highest BCUT2D eigenvalue weighted by atomic mass is 15.1. The van der Waals surface area contributed by atoms with Crippen molar-refractivity contribution in [3.05, 3.63) is 162 Å². The normalized spacial score (nSPS) is 14.9. The number of para-hydroxylation sites is 2. The number of benzene rings is 6. The number of nitrogens with zero attached hydrogens (tertiary/aromatic N) is 1. The summed E-state index contributed by atoms with van der Waals surface area (Å²) < 4.78 is 0. The lowest BCUT2D eigenvalue weighted by Gasteiger charge is -2.28. The molecule has 46 heavy (non-hydrogen) atoms. The van der Waals surface area contributed by atoms with Gasteiger partial charge in [0, 0.05) is 44.4 Å². The van der Waals surface area contributed by atoms with Gasteiger partial charge in [-0.1, -0.05) is 119 Å². The molecule has 0 aliphatic heterocycles. The molecule has 0 saturated heterocycles. The Bertz CT molecular complexity index is 2300. The lowest BCUT2D eigenvalue weighted by molar-refractivity contribution is 0.660. The summed E-state index contributed by atoms with van der Waals surface area (Å²) in [5.74, 6) is 0. The zero-order valence-corrected chi connectivity index (χ0v) is 26.7. The van der Waals surface area contributed by atoms with Crippen LogP contribution in [0.3, 0.4) is 0 Å². The summed E-state index contributed by atoms with van der Waals surface area (Å²) in [4.78, 5) is 6.13. The molecule has 0 saturated carbocycles. The van der Waals surface area contributed by atoms with Gasteiger partial charge in [0.1, 0.15) is 0 Å². The number of nitrogens with one attached hydrogen (secondary N) is 1. The maximum Gasteiger partial charge on any atom is 0.0509 e. The van der Waals surface area contributed by atoms with Crippen LogP contribution in [0.5, 0.6) is 0 Å². The first-order valence-corrected chi connectivity index (χ1v) is 16.3. The summed E-state index contributed by atoms with van der Waals surface area (Å²) in [6.07, 6.45) is 0. The minimum absolute atomic E-state index is 0.0470. The van der Waals surface area contributed by atoms with E-state index in [0.29, 0.717) is 0 Å². The Morgan fingerprint density at radius 2 is 1.09 bits per heavy atom. The first-order valence-electron chi connectivity index (χ1n) is 16.3. The Balaban J connectivity index is 1.12. The number of anilines is 3. The van der Waals surface area contributed by atoms with E-state index >= 15 is 0 Å². The minimum atomic E-state index is -0.0544. The maximum absolute atomic E-state index is 3.75. The van der Waals surface area contributed by atoms with Crippen molar-refractivity contribution in [3.8, 4) is 33.5 Å². The van der Waals surface area contributed by atoms with Gasteiger partial charge in [0.05, 0.1) is 5.69 Å². The van der Waals surface area contributed by atoms with E-state index in [2.05, 4.69) is 177 Å². The first-order chi connectivity index (χ1) is 22.3. The molecule has 0 atom stereocenters. The lowest BCUT2D eigenvalue weighted by Crippen LogP contribution is -2.16. The van der Waals surface area contributed by atoms with Crippen molar-refractivity contribution in [1.29, 1.82) is 0 Å². The van der Waals surface area contributed by atoms with Gasteiger partial charge >= 0.3 is 0 Å². The summed E-state index contributed by atoms with van der Waals surface area (Å²) >= 11 is 0. The number of H-pyrrole nitrogens is 1. The second kappa shape index (κ2) is 9.58. The van der Waals surface area contributed by atoms with Crippen LogP contribution in [0.15, 0.2) is 140 Å². The molecule has 1 heterocycles. The molecule has 0 amide bonds. The Kier molecular flexibility index (Phi) is 5.63. The SMILES string of the molecule is CC1(C)c2ccccc2-c2ccc(N(c3ccccc3)c3ccc(-c4ccc5c(c4)-c4[nH]c6ccccc6c4C5(C)C)cc3)cc21. The van der Waals surface area contributed by atoms with E-state index in [-0.39, 0.29) is 10.8 Å². The third-order valence-corrected chi connectivity index (χ3v) is 10.6. The van der Waals surface area contributed by atoms with E-state index in [0.717, 1.165) is 11.4 Å². The fraction of sp³-hybridized carbons (Fsp3) is 0.136. The highest BCUT2D eigenvalue weighted by molar-refractivity contribution is 5.97. The van der Waals surface area contributed by atoms with Crippen molar-refractivity contribution in [2.24, 2.45) is 0 Å². The molecule has 1 N–H and O–H groups in total. The van der Waals surface area contributed by atoms with Crippen LogP contribution in [0.25, 0.3) is 44.4 Å². The second-order valence-corrected chi connectivity index (χ2v) is 13.9. The molecule has 0 unspecified atom stereocenters. The van der Waals surface area contributed by atoms with Crippen LogP contribution in [0.1, 0.15) is 49.9 Å². The Morgan fingerprint density at radius 3 is 1.91 bits per heavy atom. The Morgan fingerprint density at radius 1 is 0.457 bits per heavy atom. The third kappa shape index (κ3) is 3.77. The molecular formula is C44H36N2. The predicted octanol–water partition coefficient (Wildman–Crippen LogP) is 11.9. The van der Waals surface area contributed by atoms with Crippen LogP contribution in [0, 0.1) is 0 Å². The molecule has 7 aromatic rings. The van der Waals surface area contributed by atoms with Gasteiger partial charge in [-0.2, -0.15) is 0 Å². The van der Waals surface area contributed by atoms with Crippen LogP contribution in [-0.2, 0) is 10.8 Å². The van der Waals surface area contributed by atoms with Crippen molar-refractivity contribution >= 4 is 28.0 Å². The van der Waals surface area contributed by atoms with Gasteiger partial charge in [-0.05, 0) is 93.0 Å². The van der Waals surface area contributed by atoms with Crippen molar-refractivity contribution in [3.63, 3.8) is 0 Å². The van der Waals surface area contributed by atoms with Crippen molar-refractivity contribution < 1.29 is 0 Å². The second-order valence-electron chi connectivity index (χ2n) is 13.9. The number of hydrogen-bond acceptors (Lipinski definition) is 1. The van der Waals surface area contributed by atoms with E-state index in [1.165, 1.54) is 72.4 Å². The average Bonchev–Trinajstić information content (AvgIpc) is 3.66. The molecule has 0 radical (unpaired) electrons. The molecule has 6 aromatic carbocycles. The first kappa shape index (κ1) is 27.0. The van der Waals surface area contributed by atoms with Crippen molar-refractivity contribution in [1.82, 2.24) is 4.98 Å². The monoisotopic (exact) mass is 592 g/mol. The molecule has 1 aromatic heterocycles. The van der Waals surface area contributed by atoms with Crippen LogP contribution in [0.4, 0.5) is 17.1 Å². The molecule has 2 nitrogen and oxygen atoms in total. The quantitative estimate of drug-likeness (QED) is 0.215. The summed E-state index contributed by atoms with van der Waals surface area (Å²) in [7, 11) is 0. The van der Waals surface area contributed by atoms with E-state index < -0.39 is 0 Å². The third-order valence-electron chi connectivity index (χ3n) is 10.6. The van der Waals surface area contributed by atoms with Crippen molar-refractivity contribution in [2.75, 3.05) is 4.90 Å². The Labute approximate surface area is 271 Å². The molecule has 2 aliphatic carbocycles. The van der Waals surface area contributed by atoms with Crippen molar-refractivity contribution in [2.45, 2.75) is 38.5 Å². The molecule has 2 aliphatic rings. The van der Waals surface area contributed by atoms with E-state index in [1.807, 2.05) is 0 Å². The summed E-state index contributed by atoms with van der Waals surface area (Å²) in [6.45, 7) is 9.39. The van der Waals surface area contributed by atoms with Gasteiger partial charge < -0.3 is 9.88 Å². The topological polar surface area (TPSA) is 19.0 Å². The number of hydrogen-bond donors (Lipinski definition) is 1.